The molecule has 4 aliphatic rings. The molecular formula is C25H38O3. The molecule has 0 saturated heterocycles. The molecule has 0 bridgehead atoms. The van der Waals surface area contributed by atoms with Crippen molar-refractivity contribution in [2.75, 3.05) is 6.61 Å². The van der Waals surface area contributed by atoms with Gasteiger partial charge in [-0.3, -0.25) is 4.79 Å². The van der Waals surface area contributed by atoms with E-state index in [2.05, 4.69) is 33.8 Å². The first-order valence-electron chi connectivity index (χ1n) is 11.4. The smallest absolute Gasteiger partial charge is 0.306 e. The van der Waals surface area contributed by atoms with Crippen LogP contribution in [0.1, 0.15) is 86.0 Å². The van der Waals surface area contributed by atoms with Crippen molar-refractivity contribution < 1.29 is 14.6 Å². The summed E-state index contributed by atoms with van der Waals surface area (Å²) in [7, 11) is 0. The van der Waals surface area contributed by atoms with Crippen LogP contribution in [0.25, 0.3) is 0 Å². The molecule has 0 amide bonds. The van der Waals surface area contributed by atoms with Crippen LogP contribution >= 0.6 is 0 Å². The van der Waals surface area contributed by atoms with Gasteiger partial charge in [0.05, 0.1) is 12.7 Å². The van der Waals surface area contributed by atoms with Gasteiger partial charge < -0.3 is 9.84 Å². The number of hydrogen-bond donors (Lipinski definition) is 1. The van der Waals surface area contributed by atoms with Crippen LogP contribution in [0.3, 0.4) is 0 Å². The molecule has 4 rings (SSSR count). The molecule has 0 aromatic carbocycles. The fraction of sp³-hybridized carbons (Fsp3) is 0.800. The van der Waals surface area contributed by atoms with Gasteiger partial charge >= 0.3 is 5.97 Å². The monoisotopic (exact) mass is 386 g/mol. The van der Waals surface area contributed by atoms with Crippen LogP contribution in [-0.4, -0.2) is 23.8 Å². The molecule has 156 valence electrons. The number of allylic oxidation sites excluding steroid dienone is 4. The standard InChI is InChI=1S/C25H38O3/c1-6-28-22(27)15-16-7-9-18-17-8-10-20-23(2,3)21(26)12-14-25(20,5)19(17)11-13-24(16,18)4/h9,16,20-21,26H,6-8,10-15H2,1-5H3/t16-,20?,21+,24-,25-/m1/s1. The maximum absolute atomic E-state index is 12.2. The number of hydrogen-bond acceptors (Lipinski definition) is 3. The van der Waals surface area contributed by atoms with E-state index >= 15 is 0 Å². The summed E-state index contributed by atoms with van der Waals surface area (Å²) >= 11 is 0. The molecule has 1 saturated carbocycles. The number of aliphatic hydroxyl groups is 1. The summed E-state index contributed by atoms with van der Waals surface area (Å²) in [6, 6.07) is 0. The first-order chi connectivity index (χ1) is 13.1. The Morgan fingerprint density at radius 1 is 1.14 bits per heavy atom. The fourth-order valence-corrected chi connectivity index (χ4v) is 7.50. The van der Waals surface area contributed by atoms with Crippen molar-refractivity contribution in [1.82, 2.24) is 0 Å². The fourth-order valence-electron chi connectivity index (χ4n) is 7.50. The van der Waals surface area contributed by atoms with Crippen molar-refractivity contribution in [3.05, 3.63) is 22.8 Å². The lowest BCUT2D eigenvalue weighted by molar-refractivity contribution is -0.145. The lowest BCUT2D eigenvalue weighted by atomic mass is 9.46. The number of ether oxygens (including phenoxy) is 1. The third-order valence-corrected chi connectivity index (χ3v) is 9.26. The zero-order chi connectivity index (χ0) is 20.3. The van der Waals surface area contributed by atoms with Gasteiger partial charge in [0, 0.05) is 6.42 Å². The van der Waals surface area contributed by atoms with E-state index in [1.165, 1.54) is 6.42 Å². The number of esters is 1. The summed E-state index contributed by atoms with van der Waals surface area (Å²) < 4.78 is 5.26. The Bertz CT molecular complexity index is 730. The van der Waals surface area contributed by atoms with Gasteiger partial charge in [0.25, 0.3) is 0 Å². The highest BCUT2D eigenvalue weighted by Gasteiger charge is 2.57. The van der Waals surface area contributed by atoms with Gasteiger partial charge in [0.2, 0.25) is 0 Å². The molecule has 1 unspecified atom stereocenters. The third kappa shape index (κ3) is 2.75. The van der Waals surface area contributed by atoms with Gasteiger partial charge in [0.1, 0.15) is 0 Å². The van der Waals surface area contributed by atoms with E-state index in [1.807, 2.05) is 6.92 Å². The SMILES string of the molecule is CCOC(=O)C[C@H]1CC=C2C3=C(CC[C@@]21C)[C@@]1(C)CC[C@H](O)C(C)(C)C1CC3. The highest BCUT2D eigenvalue weighted by Crippen LogP contribution is 2.66. The summed E-state index contributed by atoms with van der Waals surface area (Å²) in [6.45, 7) is 11.8. The van der Waals surface area contributed by atoms with Crippen LogP contribution in [0.15, 0.2) is 22.8 Å². The summed E-state index contributed by atoms with van der Waals surface area (Å²) in [5.74, 6) is 0.900. The predicted molar refractivity (Wildman–Crippen MR) is 112 cm³/mol. The summed E-state index contributed by atoms with van der Waals surface area (Å²) in [6.07, 6.45) is 10.5. The zero-order valence-electron chi connectivity index (χ0n) is 18.4. The second kappa shape index (κ2) is 6.72. The Balaban J connectivity index is 1.65. The third-order valence-electron chi connectivity index (χ3n) is 9.26. The maximum atomic E-state index is 12.2. The Labute approximate surface area is 170 Å². The minimum atomic E-state index is -0.179. The highest BCUT2D eigenvalue weighted by molar-refractivity contribution is 5.70. The molecule has 3 nitrogen and oxygen atoms in total. The van der Waals surface area contributed by atoms with E-state index in [-0.39, 0.29) is 28.3 Å². The first kappa shape index (κ1) is 20.2. The Kier molecular flexibility index (Phi) is 4.85. The van der Waals surface area contributed by atoms with Gasteiger partial charge in [-0.15, -0.1) is 0 Å². The zero-order valence-corrected chi connectivity index (χ0v) is 18.4. The minimum absolute atomic E-state index is 0.0111. The second-order valence-electron chi connectivity index (χ2n) is 10.8. The van der Waals surface area contributed by atoms with Crippen LogP contribution in [-0.2, 0) is 9.53 Å². The molecule has 0 heterocycles. The van der Waals surface area contributed by atoms with Crippen LogP contribution < -0.4 is 0 Å². The van der Waals surface area contributed by atoms with E-state index in [0.29, 0.717) is 24.9 Å². The van der Waals surface area contributed by atoms with E-state index in [0.717, 1.165) is 38.5 Å². The van der Waals surface area contributed by atoms with Gasteiger partial charge in [-0.05, 0) is 91.1 Å². The maximum Gasteiger partial charge on any atom is 0.306 e. The molecule has 0 spiro atoms. The highest BCUT2D eigenvalue weighted by atomic mass is 16.5. The Hall–Kier alpha value is -1.09. The number of carbonyl (C=O) groups excluding carboxylic acids is 1. The van der Waals surface area contributed by atoms with Crippen molar-refractivity contribution in [2.24, 2.45) is 28.1 Å². The molecule has 4 aliphatic carbocycles. The molecule has 28 heavy (non-hydrogen) atoms. The molecule has 5 atom stereocenters. The predicted octanol–water partition coefficient (Wildman–Crippen LogP) is 5.58. The van der Waals surface area contributed by atoms with Gasteiger partial charge in [-0.25, -0.2) is 0 Å². The van der Waals surface area contributed by atoms with Gasteiger partial charge in [-0.2, -0.15) is 0 Å². The number of fused-ring (bicyclic) bond motifs is 4. The van der Waals surface area contributed by atoms with Crippen molar-refractivity contribution in [2.45, 2.75) is 92.1 Å². The molecule has 0 radical (unpaired) electrons. The van der Waals surface area contributed by atoms with E-state index in [4.69, 9.17) is 4.74 Å². The quantitative estimate of drug-likeness (QED) is 0.644. The minimum Gasteiger partial charge on any atom is -0.466 e. The largest absolute Gasteiger partial charge is 0.466 e. The van der Waals surface area contributed by atoms with Crippen LogP contribution in [0.5, 0.6) is 0 Å². The Morgan fingerprint density at radius 2 is 1.89 bits per heavy atom. The molecular weight excluding hydrogens is 348 g/mol. The molecule has 1 N–H and O–H groups in total. The van der Waals surface area contributed by atoms with Crippen molar-refractivity contribution in [3.8, 4) is 0 Å². The number of carbonyl (C=O) groups is 1. The average molecular weight is 387 g/mol. The van der Waals surface area contributed by atoms with Gasteiger partial charge in [0.15, 0.2) is 0 Å². The Morgan fingerprint density at radius 3 is 2.61 bits per heavy atom. The second-order valence-corrected chi connectivity index (χ2v) is 10.8. The average Bonchev–Trinajstić information content (AvgIpc) is 2.95. The van der Waals surface area contributed by atoms with Crippen molar-refractivity contribution in [3.63, 3.8) is 0 Å². The number of aliphatic hydroxyl groups excluding tert-OH is 1. The van der Waals surface area contributed by atoms with Crippen LogP contribution in [0.4, 0.5) is 0 Å². The van der Waals surface area contributed by atoms with Gasteiger partial charge in [-0.1, -0.05) is 39.3 Å². The number of rotatable bonds is 3. The van der Waals surface area contributed by atoms with E-state index in [1.54, 1.807) is 16.7 Å². The lowest BCUT2D eigenvalue weighted by Gasteiger charge is -2.59. The summed E-state index contributed by atoms with van der Waals surface area (Å²) in [5, 5.41) is 10.7. The lowest BCUT2D eigenvalue weighted by Crippen LogP contribution is -2.53. The normalized spacial score (nSPS) is 41.6. The molecule has 0 aliphatic heterocycles. The molecule has 0 aromatic heterocycles. The molecule has 0 aromatic rings. The van der Waals surface area contributed by atoms with E-state index in [9.17, 15) is 9.90 Å². The van der Waals surface area contributed by atoms with Crippen LogP contribution in [0.2, 0.25) is 0 Å². The van der Waals surface area contributed by atoms with E-state index < -0.39 is 0 Å². The topological polar surface area (TPSA) is 46.5 Å². The van der Waals surface area contributed by atoms with Crippen LogP contribution in [0, 0.1) is 28.1 Å². The van der Waals surface area contributed by atoms with Crippen molar-refractivity contribution >= 4 is 5.97 Å². The van der Waals surface area contributed by atoms with Crippen molar-refractivity contribution in [1.29, 1.82) is 0 Å². The molecule has 1 fully saturated rings. The summed E-state index contributed by atoms with van der Waals surface area (Å²) in [5.41, 5.74) is 5.18. The molecule has 3 heteroatoms. The first-order valence-corrected chi connectivity index (χ1v) is 11.4. The summed E-state index contributed by atoms with van der Waals surface area (Å²) in [4.78, 5) is 12.2.